The molecule has 5 amide bonds. The number of benzene rings is 5. The Balaban J connectivity index is 0.797. The number of nitrogen functional groups attached to an aromatic ring is 2. The van der Waals surface area contributed by atoms with E-state index in [0.717, 1.165) is 0 Å². The number of rotatable bonds is 19. The fourth-order valence-electron chi connectivity index (χ4n) is 10.9. The SMILES string of the molecule is CCn1nc(C)cc1C(=O)Nc1nc2cc(C(N)=O)ccc2n1CCCCn1c(NC(=O)c2cc(C)nn2CC)nc2cc(C(=O)NCCNC(=O)c3ccc4c(c3)C(=O)OC43c4ccc(N)c(S(=O)O)c4Oc4c3ccc(N)c4S(=O)O)ccc21. The summed E-state index contributed by atoms with van der Waals surface area (Å²) in [6.07, 6.45) is 1.06. The molecule has 2 aliphatic rings. The number of hydrogen-bond donors (Lipinski definition) is 9. The van der Waals surface area contributed by atoms with E-state index in [-0.39, 0.29) is 96.6 Å². The van der Waals surface area contributed by atoms with Crippen molar-refractivity contribution in [3.8, 4) is 11.5 Å². The number of unbranched alkanes of at least 4 members (excludes halogenated alkanes) is 1. The predicted octanol–water partition coefficient (Wildman–Crippen LogP) is 5.57. The van der Waals surface area contributed by atoms with E-state index in [1.165, 1.54) is 42.5 Å². The van der Waals surface area contributed by atoms with Gasteiger partial charge in [-0.3, -0.25) is 44.0 Å². The number of aromatic nitrogens is 8. The molecule has 2 atom stereocenters. The van der Waals surface area contributed by atoms with Gasteiger partial charge in [0.25, 0.3) is 23.6 Å². The van der Waals surface area contributed by atoms with Crippen molar-refractivity contribution < 1.29 is 55.8 Å². The summed E-state index contributed by atoms with van der Waals surface area (Å²) in [5, 5.41) is 20.2. The maximum Gasteiger partial charge on any atom is 0.340 e. The molecule has 0 aliphatic carbocycles. The second kappa shape index (κ2) is 22.8. The highest BCUT2D eigenvalue weighted by Gasteiger charge is 2.55. The summed E-state index contributed by atoms with van der Waals surface area (Å²) in [4.78, 5) is 89.6. The average Bonchev–Trinajstić information content (AvgIpc) is 1.36. The van der Waals surface area contributed by atoms with E-state index in [1.807, 2.05) is 23.0 Å². The minimum absolute atomic E-state index is 0.0328. The lowest BCUT2D eigenvalue weighted by Gasteiger charge is -2.37. The molecule has 12 N–H and O–H groups in total. The summed E-state index contributed by atoms with van der Waals surface area (Å²) in [6, 6.07) is 22.9. The Bertz CT molecular complexity index is 4340. The van der Waals surface area contributed by atoms with Gasteiger partial charge in [0.2, 0.25) is 17.8 Å². The number of anilines is 4. The molecule has 29 heteroatoms. The maximum atomic E-state index is 13.9. The number of aryl methyl sites for hydroxylation is 6. The number of nitrogens with two attached hydrogens (primary N) is 3. The summed E-state index contributed by atoms with van der Waals surface area (Å²) in [7, 11) is 0. The van der Waals surface area contributed by atoms with E-state index < -0.39 is 63.3 Å². The average molecular weight is 1210 g/mol. The Morgan fingerprint density at radius 2 is 1.05 bits per heavy atom. The third-order valence-electron chi connectivity index (χ3n) is 14.8. The smallest absolute Gasteiger partial charge is 0.340 e. The molecule has 9 aromatic rings. The van der Waals surface area contributed by atoms with Crippen LogP contribution in [0.4, 0.5) is 23.3 Å². The lowest BCUT2D eigenvalue weighted by molar-refractivity contribution is 0.0220. The number of primary amides is 1. The number of esters is 1. The molecule has 27 nitrogen and oxygen atoms in total. The molecule has 442 valence electrons. The number of ether oxygens (including phenoxy) is 2. The molecular weight excluding hydrogens is 1150 g/mol. The van der Waals surface area contributed by atoms with Gasteiger partial charge in [-0.2, -0.15) is 10.2 Å². The fourth-order valence-corrected chi connectivity index (χ4v) is 12.1. The van der Waals surface area contributed by atoms with Crippen molar-refractivity contribution in [3.63, 3.8) is 0 Å². The van der Waals surface area contributed by atoms with E-state index in [0.29, 0.717) is 83.9 Å². The zero-order chi connectivity index (χ0) is 61.0. The van der Waals surface area contributed by atoms with E-state index in [4.69, 9.17) is 31.7 Å². The molecule has 0 saturated carbocycles. The molecule has 0 radical (unpaired) electrons. The van der Waals surface area contributed by atoms with Crippen LogP contribution in [0.5, 0.6) is 11.5 Å². The van der Waals surface area contributed by atoms with Gasteiger partial charge in [0.1, 0.15) is 21.2 Å². The Hall–Kier alpha value is -10.1. The van der Waals surface area contributed by atoms with Gasteiger partial charge in [-0.1, -0.05) is 6.07 Å². The van der Waals surface area contributed by atoms with Crippen molar-refractivity contribution in [1.82, 2.24) is 49.3 Å². The van der Waals surface area contributed by atoms with E-state index in [2.05, 4.69) is 36.4 Å². The monoisotopic (exact) mass is 1210 g/mol. The van der Waals surface area contributed by atoms with E-state index in [9.17, 15) is 46.3 Å². The van der Waals surface area contributed by atoms with Crippen LogP contribution in [-0.4, -0.2) is 105 Å². The highest BCUT2D eigenvalue weighted by Crippen LogP contribution is 2.59. The molecule has 5 aromatic carbocycles. The number of carbonyl (C=O) groups excluding carboxylic acids is 6. The van der Waals surface area contributed by atoms with Gasteiger partial charge in [-0.25, -0.2) is 23.2 Å². The van der Waals surface area contributed by atoms with E-state index >= 15 is 0 Å². The summed E-state index contributed by atoms with van der Waals surface area (Å²) in [5.41, 5.74) is 20.5. The molecular formula is C57H55N15O12S2. The Morgan fingerprint density at radius 3 is 1.51 bits per heavy atom. The number of amides is 5. The molecule has 0 fully saturated rings. The normalized spacial score (nSPS) is 14.7. The van der Waals surface area contributed by atoms with Crippen molar-refractivity contribution in [2.75, 3.05) is 35.2 Å². The highest BCUT2D eigenvalue weighted by molar-refractivity contribution is 7.79. The predicted molar refractivity (Wildman–Crippen MR) is 315 cm³/mol. The zero-order valence-electron chi connectivity index (χ0n) is 46.4. The van der Waals surface area contributed by atoms with Crippen LogP contribution in [0.1, 0.15) is 117 Å². The minimum Gasteiger partial charge on any atom is -0.454 e. The third-order valence-corrected chi connectivity index (χ3v) is 16.3. The van der Waals surface area contributed by atoms with Crippen molar-refractivity contribution in [1.29, 1.82) is 0 Å². The van der Waals surface area contributed by atoms with Gasteiger partial charge in [0.15, 0.2) is 39.3 Å². The van der Waals surface area contributed by atoms with Gasteiger partial charge in [0, 0.05) is 72.6 Å². The van der Waals surface area contributed by atoms with Crippen molar-refractivity contribution >= 4 is 103 Å². The topological polar surface area (TPSA) is 393 Å². The summed E-state index contributed by atoms with van der Waals surface area (Å²) < 4.78 is 65.0. The van der Waals surface area contributed by atoms with Crippen LogP contribution in [0.3, 0.4) is 0 Å². The molecule has 2 unspecified atom stereocenters. The second-order valence-corrected chi connectivity index (χ2v) is 22.0. The Labute approximate surface area is 493 Å². The zero-order valence-corrected chi connectivity index (χ0v) is 48.1. The first kappa shape index (κ1) is 57.7. The Kier molecular flexibility index (Phi) is 15.3. The quantitative estimate of drug-likeness (QED) is 0.0207. The molecule has 4 aromatic heterocycles. The number of imidazole rings is 2. The van der Waals surface area contributed by atoms with Crippen LogP contribution in [0.2, 0.25) is 0 Å². The van der Waals surface area contributed by atoms with Gasteiger partial charge in [-0.15, -0.1) is 0 Å². The minimum atomic E-state index is -2.75. The summed E-state index contributed by atoms with van der Waals surface area (Å²) in [5.74, 6) is -3.62. The fraction of sp³-hybridized carbons (Fsp3) is 0.228. The lowest BCUT2D eigenvalue weighted by atomic mass is 9.77. The first-order valence-corrected chi connectivity index (χ1v) is 29.1. The van der Waals surface area contributed by atoms with Crippen LogP contribution in [-0.2, 0) is 58.7 Å². The van der Waals surface area contributed by atoms with Crippen LogP contribution >= 0.6 is 0 Å². The molecule has 2 aliphatic heterocycles. The van der Waals surface area contributed by atoms with Gasteiger partial charge in [0.05, 0.1) is 50.4 Å². The van der Waals surface area contributed by atoms with Crippen LogP contribution in [0.15, 0.2) is 101 Å². The standard InChI is InChI=1S/C57H55N15O12S2/c1-5-71-43(23-28(3)67-71)52(76)65-55-63-39-26-30(49(60)73)10-17-41(39)69(55)21-7-8-22-70-42-18-11-32(27-40(42)64-56(70)66-53(77)44-24-29(4)68-72(44)6-2)51(75)62-20-19-61-50(74)31-9-12-34-33(25-31)54(78)84-57(34)35-13-15-37(58)47(85(79)80)45(35)83-46-36(57)14-16-38(59)48(46)86(81)82/h9-18,23-27H,5-8,19-22,58-59H2,1-4H3,(H2,60,73)(H,61,74)(H,62,75)(H,79,80)(H,81,82)(H,63,65,76)(H,64,66,77). The molecule has 0 saturated heterocycles. The second-order valence-electron chi connectivity index (χ2n) is 20.2. The molecule has 86 heavy (non-hydrogen) atoms. The first-order valence-electron chi connectivity index (χ1n) is 26.9. The van der Waals surface area contributed by atoms with Gasteiger partial charge >= 0.3 is 5.97 Å². The molecule has 6 heterocycles. The largest absolute Gasteiger partial charge is 0.454 e. The molecule has 11 rings (SSSR count). The molecule has 1 spiro atoms. The summed E-state index contributed by atoms with van der Waals surface area (Å²) >= 11 is -5.49. The van der Waals surface area contributed by atoms with Crippen molar-refractivity contribution in [2.24, 2.45) is 5.73 Å². The van der Waals surface area contributed by atoms with Crippen LogP contribution in [0, 0.1) is 13.8 Å². The number of hydrogen-bond acceptors (Lipinski definition) is 16. The summed E-state index contributed by atoms with van der Waals surface area (Å²) in [6.45, 7) is 8.86. The number of fused-ring (bicyclic) bond motifs is 8. The Morgan fingerprint density at radius 1 is 0.605 bits per heavy atom. The van der Waals surface area contributed by atoms with Crippen LogP contribution in [0.25, 0.3) is 22.1 Å². The number of nitrogens with zero attached hydrogens (tertiary/aromatic N) is 8. The lowest BCUT2D eigenvalue weighted by Crippen LogP contribution is -2.35. The number of carbonyl (C=O) groups is 6. The van der Waals surface area contributed by atoms with Crippen molar-refractivity contribution in [2.45, 2.75) is 82.1 Å². The highest BCUT2D eigenvalue weighted by atomic mass is 32.2. The van der Waals surface area contributed by atoms with Crippen LogP contribution < -0.4 is 43.2 Å². The van der Waals surface area contributed by atoms with Crippen molar-refractivity contribution in [3.05, 3.63) is 153 Å². The van der Waals surface area contributed by atoms with E-state index in [1.54, 1.807) is 71.7 Å². The first-order chi connectivity index (χ1) is 41.2. The maximum absolute atomic E-state index is 13.9. The van der Waals surface area contributed by atoms with Gasteiger partial charge < -0.3 is 55.5 Å². The third kappa shape index (κ3) is 10.2. The van der Waals surface area contributed by atoms with Gasteiger partial charge in [-0.05, 0) is 125 Å². The molecule has 0 bridgehead atoms. The number of nitrogens with one attached hydrogen (secondary N) is 4.